The lowest BCUT2D eigenvalue weighted by molar-refractivity contribution is 0.349. The van der Waals surface area contributed by atoms with Crippen molar-refractivity contribution in [3.05, 3.63) is 48.3 Å². The maximum absolute atomic E-state index is 12.7. The standard InChI is InChI=1S/C16H22N4O2S/c1-16(12-17)7-8-20(13-16)23(21,22)15-9-18-19(11-15)10-14-5-3-2-4-6-14/h2-6,9,11H,7-8,10,12-13,17H2,1H3. The van der Waals surface area contributed by atoms with E-state index < -0.39 is 10.0 Å². The van der Waals surface area contributed by atoms with Gasteiger partial charge in [0.05, 0.1) is 12.7 Å². The molecule has 1 aliphatic rings. The van der Waals surface area contributed by atoms with E-state index in [1.54, 1.807) is 10.9 Å². The molecule has 0 aliphatic carbocycles. The summed E-state index contributed by atoms with van der Waals surface area (Å²) in [6.45, 7) is 4.06. The van der Waals surface area contributed by atoms with Crippen LogP contribution in [0, 0.1) is 5.41 Å². The monoisotopic (exact) mass is 334 g/mol. The highest BCUT2D eigenvalue weighted by Gasteiger charge is 2.39. The number of benzene rings is 1. The van der Waals surface area contributed by atoms with Crippen LogP contribution in [0.15, 0.2) is 47.6 Å². The van der Waals surface area contributed by atoms with Gasteiger partial charge in [0, 0.05) is 19.3 Å². The zero-order valence-electron chi connectivity index (χ0n) is 13.2. The highest BCUT2D eigenvalue weighted by Crippen LogP contribution is 2.32. The van der Waals surface area contributed by atoms with Crippen LogP contribution in [0.25, 0.3) is 0 Å². The van der Waals surface area contributed by atoms with Gasteiger partial charge in [-0.15, -0.1) is 0 Å². The summed E-state index contributed by atoms with van der Waals surface area (Å²) in [7, 11) is -3.50. The molecule has 2 aromatic rings. The SMILES string of the molecule is CC1(CN)CCN(S(=O)(=O)c2cnn(Cc3ccccc3)c2)C1. The topological polar surface area (TPSA) is 81.2 Å². The van der Waals surface area contributed by atoms with E-state index in [-0.39, 0.29) is 10.3 Å². The minimum Gasteiger partial charge on any atom is -0.330 e. The predicted octanol–water partition coefficient (Wildman–Crippen LogP) is 1.29. The Hall–Kier alpha value is -1.70. The molecule has 1 aromatic carbocycles. The van der Waals surface area contributed by atoms with E-state index in [1.165, 1.54) is 10.5 Å². The van der Waals surface area contributed by atoms with Gasteiger partial charge in [0.15, 0.2) is 0 Å². The molecule has 0 amide bonds. The Morgan fingerprint density at radius 2 is 2.04 bits per heavy atom. The molecule has 2 N–H and O–H groups in total. The average molecular weight is 334 g/mol. The molecule has 1 aromatic heterocycles. The van der Waals surface area contributed by atoms with Crippen molar-refractivity contribution in [1.29, 1.82) is 0 Å². The summed E-state index contributed by atoms with van der Waals surface area (Å²) in [6.07, 6.45) is 3.82. The summed E-state index contributed by atoms with van der Waals surface area (Å²) in [5.41, 5.74) is 6.71. The number of nitrogens with two attached hydrogens (primary N) is 1. The first-order valence-electron chi connectivity index (χ1n) is 7.70. The van der Waals surface area contributed by atoms with Crippen LogP contribution < -0.4 is 5.73 Å². The molecule has 3 rings (SSSR count). The van der Waals surface area contributed by atoms with Crippen molar-refractivity contribution in [2.24, 2.45) is 11.1 Å². The van der Waals surface area contributed by atoms with Gasteiger partial charge in [-0.2, -0.15) is 9.40 Å². The fourth-order valence-electron chi connectivity index (χ4n) is 2.83. The molecular weight excluding hydrogens is 312 g/mol. The first-order chi connectivity index (χ1) is 10.9. The molecule has 124 valence electrons. The molecule has 0 radical (unpaired) electrons. The van der Waals surface area contributed by atoms with Crippen molar-refractivity contribution in [3.63, 3.8) is 0 Å². The lowest BCUT2D eigenvalue weighted by atomic mass is 9.90. The molecule has 1 unspecified atom stereocenters. The number of hydrogen-bond donors (Lipinski definition) is 1. The second-order valence-corrected chi connectivity index (χ2v) is 8.40. The van der Waals surface area contributed by atoms with Gasteiger partial charge in [0.25, 0.3) is 0 Å². The first kappa shape index (κ1) is 16.2. The van der Waals surface area contributed by atoms with Crippen LogP contribution in [-0.4, -0.2) is 42.1 Å². The Balaban J connectivity index is 1.77. The van der Waals surface area contributed by atoms with Gasteiger partial charge in [-0.1, -0.05) is 37.3 Å². The smallest absolute Gasteiger partial charge is 0.246 e. The summed E-state index contributed by atoms with van der Waals surface area (Å²) < 4.78 is 28.6. The fraction of sp³-hybridized carbons (Fsp3) is 0.438. The van der Waals surface area contributed by atoms with Crippen molar-refractivity contribution in [2.75, 3.05) is 19.6 Å². The van der Waals surface area contributed by atoms with Crippen LogP contribution in [-0.2, 0) is 16.6 Å². The zero-order chi connectivity index (χ0) is 16.5. The second kappa shape index (κ2) is 6.07. The highest BCUT2D eigenvalue weighted by atomic mass is 32.2. The lowest BCUT2D eigenvalue weighted by Gasteiger charge is -2.21. The fourth-order valence-corrected chi connectivity index (χ4v) is 4.38. The zero-order valence-corrected chi connectivity index (χ0v) is 14.0. The third-order valence-corrected chi connectivity index (χ3v) is 6.25. The van der Waals surface area contributed by atoms with Crippen LogP contribution in [0.3, 0.4) is 0 Å². The van der Waals surface area contributed by atoms with Gasteiger partial charge in [0.1, 0.15) is 4.90 Å². The maximum atomic E-state index is 12.7. The van der Waals surface area contributed by atoms with Gasteiger partial charge < -0.3 is 5.73 Å². The van der Waals surface area contributed by atoms with Crippen LogP contribution in [0.1, 0.15) is 18.9 Å². The van der Waals surface area contributed by atoms with Crippen molar-refractivity contribution in [1.82, 2.24) is 14.1 Å². The molecule has 1 aliphatic heterocycles. The van der Waals surface area contributed by atoms with Crippen LogP contribution in [0.2, 0.25) is 0 Å². The maximum Gasteiger partial charge on any atom is 0.246 e. The molecule has 0 bridgehead atoms. The summed E-state index contributed by atoms with van der Waals surface area (Å²) in [4.78, 5) is 0.245. The van der Waals surface area contributed by atoms with Crippen LogP contribution in [0.5, 0.6) is 0 Å². The van der Waals surface area contributed by atoms with Gasteiger partial charge in [-0.25, -0.2) is 8.42 Å². The van der Waals surface area contributed by atoms with Crippen LogP contribution >= 0.6 is 0 Å². The second-order valence-electron chi connectivity index (χ2n) is 6.46. The van der Waals surface area contributed by atoms with E-state index in [4.69, 9.17) is 5.73 Å². The number of nitrogens with zero attached hydrogens (tertiary/aromatic N) is 3. The Morgan fingerprint density at radius 3 is 2.70 bits per heavy atom. The van der Waals surface area contributed by atoms with Gasteiger partial charge in [-0.05, 0) is 23.9 Å². The Labute approximate surface area is 137 Å². The van der Waals surface area contributed by atoms with Crippen molar-refractivity contribution in [3.8, 4) is 0 Å². The normalized spacial score (nSPS) is 22.5. The molecule has 0 saturated carbocycles. The number of hydrogen-bond acceptors (Lipinski definition) is 4. The van der Waals surface area contributed by atoms with E-state index in [1.807, 2.05) is 37.3 Å². The van der Waals surface area contributed by atoms with E-state index in [9.17, 15) is 8.42 Å². The summed E-state index contributed by atoms with van der Waals surface area (Å²) in [5, 5.41) is 4.19. The number of aromatic nitrogens is 2. The molecule has 1 saturated heterocycles. The molecule has 7 heteroatoms. The molecule has 23 heavy (non-hydrogen) atoms. The highest BCUT2D eigenvalue weighted by molar-refractivity contribution is 7.89. The number of rotatable bonds is 5. The van der Waals surface area contributed by atoms with Gasteiger partial charge in [-0.3, -0.25) is 4.68 Å². The van der Waals surface area contributed by atoms with Gasteiger partial charge >= 0.3 is 0 Å². The van der Waals surface area contributed by atoms with E-state index in [2.05, 4.69) is 5.10 Å². The predicted molar refractivity (Wildman–Crippen MR) is 88.3 cm³/mol. The van der Waals surface area contributed by atoms with E-state index in [0.717, 1.165) is 12.0 Å². The van der Waals surface area contributed by atoms with E-state index in [0.29, 0.717) is 26.2 Å². The van der Waals surface area contributed by atoms with Crippen LogP contribution in [0.4, 0.5) is 0 Å². The molecule has 1 atom stereocenters. The number of sulfonamides is 1. The Morgan fingerprint density at radius 1 is 1.30 bits per heavy atom. The van der Waals surface area contributed by atoms with Crippen molar-refractivity contribution < 1.29 is 8.42 Å². The van der Waals surface area contributed by atoms with Gasteiger partial charge in [0.2, 0.25) is 10.0 Å². The molecule has 1 fully saturated rings. The Kier molecular flexibility index (Phi) is 4.27. The third kappa shape index (κ3) is 3.31. The summed E-state index contributed by atoms with van der Waals surface area (Å²) in [5.74, 6) is 0. The minimum absolute atomic E-state index is 0.132. The summed E-state index contributed by atoms with van der Waals surface area (Å²) in [6, 6.07) is 9.83. The largest absolute Gasteiger partial charge is 0.330 e. The molecular formula is C16H22N4O2S. The third-order valence-electron chi connectivity index (χ3n) is 4.45. The quantitative estimate of drug-likeness (QED) is 0.893. The molecule has 2 heterocycles. The first-order valence-corrected chi connectivity index (χ1v) is 9.14. The summed E-state index contributed by atoms with van der Waals surface area (Å²) >= 11 is 0. The van der Waals surface area contributed by atoms with E-state index >= 15 is 0 Å². The molecule has 0 spiro atoms. The minimum atomic E-state index is -3.50. The van der Waals surface area contributed by atoms with Crippen molar-refractivity contribution in [2.45, 2.75) is 24.8 Å². The average Bonchev–Trinajstić information content (AvgIpc) is 3.17. The van der Waals surface area contributed by atoms with Crippen molar-refractivity contribution >= 4 is 10.0 Å². The lowest BCUT2D eigenvalue weighted by Crippen LogP contribution is -2.34. The molecule has 6 nitrogen and oxygen atoms in total. The Bertz CT molecular complexity index is 772.